The van der Waals surface area contributed by atoms with Crippen molar-refractivity contribution in [2.24, 2.45) is 0 Å². The van der Waals surface area contributed by atoms with Crippen LogP contribution in [0.4, 0.5) is 0 Å². The van der Waals surface area contributed by atoms with Crippen LogP contribution in [0, 0.1) is 0 Å². The lowest BCUT2D eigenvalue weighted by molar-refractivity contribution is -1.04. The average Bonchev–Trinajstić information content (AvgIpc) is 2.94. The Morgan fingerprint density at radius 1 is 1.13 bits per heavy atom. The third kappa shape index (κ3) is 2.50. The Morgan fingerprint density at radius 2 is 1.87 bits per heavy atom. The fourth-order valence-corrected chi connectivity index (χ4v) is 2.43. The van der Waals surface area contributed by atoms with Gasteiger partial charge in [0.2, 0.25) is 0 Å². The summed E-state index contributed by atoms with van der Waals surface area (Å²) in [6, 6.07) is 1.67. The quantitative estimate of drug-likeness (QED) is 0.486. The molecule has 0 bridgehead atoms. The molecule has 0 amide bonds. The molecule has 2 nitrogen and oxygen atoms in total. The van der Waals surface area contributed by atoms with Gasteiger partial charge >= 0.3 is 0 Å². The lowest BCUT2D eigenvalue weighted by Crippen LogP contribution is -3.22. The molecule has 2 aliphatic carbocycles. The van der Waals surface area contributed by atoms with Gasteiger partial charge in [-0.15, -0.1) is 11.6 Å². The molecule has 2 rings (SSSR count). The monoisotopic (exact) mass is 207 g/mol. The van der Waals surface area contributed by atoms with Crippen molar-refractivity contribution in [2.45, 2.75) is 44.2 Å². The maximum absolute atomic E-state index is 3.89. The standard InChI is InChI=1S/C13H22N2/c1-3-10-14(12-6-5-7-12)15(11-4-2)13-8-9-13/h3-4,12-13H,1-2,5-11H2/p+1. The topological polar surface area (TPSA) is 7.68 Å². The zero-order valence-electron chi connectivity index (χ0n) is 9.62. The molecule has 0 aromatic rings. The second-order valence-corrected chi connectivity index (χ2v) is 4.78. The van der Waals surface area contributed by atoms with Crippen LogP contribution in [-0.2, 0) is 0 Å². The number of hydrogen-bond donors (Lipinski definition) is 1. The van der Waals surface area contributed by atoms with Crippen molar-refractivity contribution in [2.75, 3.05) is 13.1 Å². The van der Waals surface area contributed by atoms with Gasteiger partial charge in [-0.1, -0.05) is 12.7 Å². The van der Waals surface area contributed by atoms with Crippen molar-refractivity contribution < 1.29 is 5.01 Å². The lowest BCUT2D eigenvalue weighted by Gasteiger charge is -2.39. The number of nitrogens with zero attached hydrogens (tertiary/aromatic N) is 1. The third-order valence-corrected chi connectivity index (χ3v) is 3.61. The van der Waals surface area contributed by atoms with E-state index in [0.29, 0.717) is 0 Å². The Bertz CT molecular complexity index is 229. The van der Waals surface area contributed by atoms with Gasteiger partial charge in [-0.3, -0.25) is 0 Å². The van der Waals surface area contributed by atoms with E-state index in [0.717, 1.165) is 25.2 Å². The van der Waals surface area contributed by atoms with E-state index in [1.165, 1.54) is 32.1 Å². The molecule has 2 saturated carbocycles. The zero-order chi connectivity index (χ0) is 10.7. The summed E-state index contributed by atoms with van der Waals surface area (Å²) < 4.78 is 0. The summed E-state index contributed by atoms with van der Waals surface area (Å²) in [6.45, 7) is 9.88. The first-order valence-electron chi connectivity index (χ1n) is 6.21. The zero-order valence-corrected chi connectivity index (χ0v) is 9.62. The molecule has 2 fully saturated rings. The predicted molar refractivity (Wildman–Crippen MR) is 63.6 cm³/mol. The van der Waals surface area contributed by atoms with Crippen molar-refractivity contribution in [3.8, 4) is 0 Å². The van der Waals surface area contributed by atoms with Gasteiger partial charge in [0, 0.05) is 12.8 Å². The lowest BCUT2D eigenvalue weighted by atomic mass is 9.92. The Hall–Kier alpha value is -0.600. The van der Waals surface area contributed by atoms with Gasteiger partial charge in [0.1, 0.15) is 12.6 Å². The molecule has 0 radical (unpaired) electrons. The van der Waals surface area contributed by atoms with E-state index in [4.69, 9.17) is 0 Å². The highest BCUT2D eigenvalue weighted by Gasteiger charge is 2.40. The van der Waals surface area contributed by atoms with Gasteiger partial charge in [-0.25, -0.2) is 5.01 Å². The van der Waals surface area contributed by atoms with Crippen molar-refractivity contribution in [3.05, 3.63) is 25.3 Å². The fourth-order valence-electron chi connectivity index (χ4n) is 2.43. The molecule has 1 unspecified atom stereocenters. The van der Waals surface area contributed by atoms with Crippen molar-refractivity contribution in [1.82, 2.24) is 5.01 Å². The number of hydrogen-bond acceptors (Lipinski definition) is 1. The summed E-state index contributed by atoms with van der Waals surface area (Å²) in [5, 5.41) is 4.23. The molecule has 0 spiro atoms. The molecule has 0 aromatic heterocycles. The Labute approximate surface area is 93.2 Å². The maximum atomic E-state index is 3.89. The largest absolute Gasteiger partial charge is 0.249 e. The van der Waals surface area contributed by atoms with Gasteiger partial charge in [-0.2, -0.15) is 0 Å². The minimum Gasteiger partial charge on any atom is -0.249 e. The molecule has 1 N–H and O–H groups in total. The van der Waals surface area contributed by atoms with Crippen LogP contribution in [0.3, 0.4) is 0 Å². The molecular formula is C13H23N2+. The molecule has 0 aromatic carbocycles. The molecule has 84 valence electrons. The average molecular weight is 207 g/mol. The summed E-state index contributed by atoms with van der Waals surface area (Å²) in [4.78, 5) is 0. The smallest absolute Gasteiger partial charge is 0.113 e. The molecular weight excluding hydrogens is 184 g/mol. The highest BCUT2D eigenvalue weighted by molar-refractivity contribution is 4.85. The summed E-state index contributed by atoms with van der Waals surface area (Å²) in [5.74, 6) is 0. The molecule has 2 heteroatoms. The first kappa shape index (κ1) is 10.9. The van der Waals surface area contributed by atoms with Crippen molar-refractivity contribution in [1.29, 1.82) is 0 Å². The molecule has 15 heavy (non-hydrogen) atoms. The first-order chi connectivity index (χ1) is 7.36. The van der Waals surface area contributed by atoms with E-state index in [2.05, 4.69) is 24.2 Å². The number of rotatable bonds is 7. The van der Waals surface area contributed by atoms with Crippen LogP contribution >= 0.6 is 0 Å². The van der Waals surface area contributed by atoms with Crippen LogP contribution in [-0.4, -0.2) is 30.2 Å². The van der Waals surface area contributed by atoms with Crippen LogP contribution in [0.5, 0.6) is 0 Å². The van der Waals surface area contributed by atoms with E-state index < -0.39 is 0 Å². The highest BCUT2D eigenvalue weighted by atomic mass is 15.7. The second kappa shape index (κ2) is 4.95. The molecule has 2 aliphatic rings. The van der Waals surface area contributed by atoms with Crippen LogP contribution in [0.15, 0.2) is 25.3 Å². The summed E-state index contributed by atoms with van der Waals surface area (Å²) in [5.41, 5.74) is 0. The summed E-state index contributed by atoms with van der Waals surface area (Å²) in [7, 11) is 0. The first-order valence-corrected chi connectivity index (χ1v) is 6.21. The Kier molecular flexibility index (Phi) is 3.60. The summed E-state index contributed by atoms with van der Waals surface area (Å²) >= 11 is 0. The Balaban J connectivity index is 1.97. The minimum atomic E-state index is 0.818. The van der Waals surface area contributed by atoms with Gasteiger partial charge in [0.15, 0.2) is 0 Å². The minimum absolute atomic E-state index is 0.818. The SMILES string of the molecule is C=CCN(C1CC1)[NH+](CC=C)C1CCC1. The van der Waals surface area contributed by atoms with Crippen molar-refractivity contribution in [3.63, 3.8) is 0 Å². The Morgan fingerprint density at radius 3 is 2.27 bits per heavy atom. The molecule has 0 aliphatic heterocycles. The molecule has 1 atom stereocenters. The molecule has 0 heterocycles. The summed E-state index contributed by atoms with van der Waals surface area (Å²) in [6.07, 6.45) is 11.1. The number of quaternary nitrogens is 1. The predicted octanol–water partition coefficient (Wildman–Crippen LogP) is 1.18. The second-order valence-electron chi connectivity index (χ2n) is 4.78. The van der Waals surface area contributed by atoms with Crippen molar-refractivity contribution >= 4 is 0 Å². The van der Waals surface area contributed by atoms with Crippen LogP contribution in [0.1, 0.15) is 32.1 Å². The van der Waals surface area contributed by atoms with E-state index in [-0.39, 0.29) is 0 Å². The van der Waals surface area contributed by atoms with Crippen LogP contribution in [0.2, 0.25) is 0 Å². The van der Waals surface area contributed by atoms with Crippen LogP contribution in [0.25, 0.3) is 0 Å². The van der Waals surface area contributed by atoms with Gasteiger partial charge < -0.3 is 0 Å². The van der Waals surface area contributed by atoms with Crippen LogP contribution < -0.4 is 5.01 Å². The maximum Gasteiger partial charge on any atom is 0.113 e. The van der Waals surface area contributed by atoms with Gasteiger partial charge in [-0.05, 0) is 25.3 Å². The number of nitrogens with one attached hydrogen (secondary N) is 1. The van der Waals surface area contributed by atoms with E-state index in [9.17, 15) is 0 Å². The highest BCUT2D eigenvalue weighted by Crippen LogP contribution is 2.25. The third-order valence-electron chi connectivity index (χ3n) is 3.61. The van der Waals surface area contributed by atoms with E-state index >= 15 is 0 Å². The van der Waals surface area contributed by atoms with E-state index in [1.54, 1.807) is 5.01 Å². The van der Waals surface area contributed by atoms with Gasteiger partial charge in [0.05, 0.1) is 12.6 Å². The van der Waals surface area contributed by atoms with E-state index in [1.807, 2.05) is 6.08 Å². The van der Waals surface area contributed by atoms with Gasteiger partial charge in [0.25, 0.3) is 0 Å². The molecule has 0 saturated heterocycles. The fraction of sp³-hybridized carbons (Fsp3) is 0.692. The normalized spacial score (nSPS) is 23.5.